The summed E-state index contributed by atoms with van der Waals surface area (Å²) in [5.41, 5.74) is -0.748. The van der Waals surface area contributed by atoms with E-state index >= 15 is 0 Å². The average Bonchev–Trinajstić information content (AvgIpc) is 2.90. The minimum Gasteiger partial charge on any atom is -0.388 e. The Morgan fingerprint density at radius 3 is 2.84 bits per heavy atom. The van der Waals surface area contributed by atoms with Gasteiger partial charge in [-0.3, -0.25) is 4.79 Å². The highest BCUT2D eigenvalue weighted by atomic mass is 16.3. The second-order valence-corrected chi connectivity index (χ2v) is 5.36. The van der Waals surface area contributed by atoms with Crippen molar-refractivity contribution in [1.82, 2.24) is 25.5 Å². The third-order valence-electron chi connectivity index (χ3n) is 3.92. The lowest BCUT2D eigenvalue weighted by Crippen LogP contribution is -2.46. The summed E-state index contributed by atoms with van der Waals surface area (Å²) < 4.78 is 1.35. The van der Waals surface area contributed by atoms with Gasteiger partial charge in [0, 0.05) is 6.54 Å². The molecule has 2 N–H and O–H groups in total. The predicted molar refractivity (Wildman–Crippen MR) is 68.0 cm³/mol. The standard InChI is InChI=1S/C12H21N5O2/c1-2-10-3-5-12(19,6-4-10)8-13-11(18)7-17-9-14-15-16-17/h9-10,19H,2-8H2,1H3,(H,13,18). The van der Waals surface area contributed by atoms with Crippen LogP contribution >= 0.6 is 0 Å². The van der Waals surface area contributed by atoms with E-state index in [1.165, 1.54) is 17.4 Å². The van der Waals surface area contributed by atoms with Crippen molar-refractivity contribution in [3.63, 3.8) is 0 Å². The number of nitrogens with zero attached hydrogens (tertiary/aromatic N) is 4. The number of aliphatic hydroxyl groups is 1. The molecule has 0 aliphatic heterocycles. The van der Waals surface area contributed by atoms with Gasteiger partial charge in [0.05, 0.1) is 5.60 Å². The van der Waals surface area contributed by atoms with E-state index in [4.69, 9.17) is 0 Å². The fourth-order valence-corrected chi connectivity index (χ4v) is 2.52. The van der Waals surface area contributed by atoms with Gasteiger partial charge in [-0.1, -0.05) is 13.3 Å². The van der Waals surface area contributed by atoms with Gasteiger partial charge in [0.25, 0.3) is 0 Å². The molecule has 0 atom stereocenters. The van der Waals surface area contributed by atoms with Crippen molar-refractivity contribution in [2.24, 2.45) is 5.92 Å². The van der Waals surface area contributed by atoms with Gasteiger partial charge in [-0.15, -0.1) is 5.10 Å². The molecule has 0 bridgehead atoms. The van der Waals surface area contributed by atoms with Crippen molar-refractivity contribution in [3.8, 4) is 0 Å². The summed E-state index contributed by atoms with van der Waals surface area (Å²) in [6.45, 7) is 2.58. The van der Waals surface area contributed by atoms with E-state index in [9.17, 15) is 9.90 Å². The Hall–Kier alpha value is -1.50. The number of carbonyl (C=O) groups excluding carboxylic acids is 1. The Bertz CT molecular complexity index is 398. The first-order chi connectivity index (χ1) is 9.11. The van der Waals surface area contributed by atoms with Crippen LogP contribution in [0.4, 0.5) is 0 Å². The number of tetrazole rings is 1. The number of aromatic nitrogens is 4. The molecular weight excluding hydrogens is 246 g/mol. The summed E-state index contributed by atoms with van der Waals surface area (Å²) >= 11 is 0. The van der Waals surface area contributed by atoms with E-state index in [1.54, 1.807) is 0 Å². The van der Waals surface area contributed by atoms with Gasteiger partial charge in [-0.05, 0) is 42.0 Å². The van der Waals surface area contributed by atoms with Crippen LogP contribution in [-0.4, -0.2) is 43.4 Å². The summed E-state index contributed by atoms with van der Waals surface area (Å²) in [6.07, 6.45) is 6.15. The molecule has 0 unspecified atom stereocenters. The van der Waals surface area contributed by atoms with Gasteiger partial charge in [0.1, 0.15) is 12.9 Å². The van der Waals surface area contributed by atoms with Crippen LogP contribution in [-0.2, 0) is 11.3 Å². The van der Waals surface area contributed by atoms with Crippen LogP contribution in [0, 0.1) is 5.92 Å². The molecule has 1 amide bonds. The molecule has 7 heteroatoms. The van der Waals surface area contributed by atoms with E-state index in [1.807, 2.05) is 0 Å². The summed E-state index contributed by atoms with van der Waals surface area (Å²) in [6, 6.07) is 0. The normalized spacial score (nSPS) is 27.2. The zero-order chi connectivity index (χ0) is 13.7. The predicted octanol–water partition coefficient (Wildman–Crippen LogP) is 0.121. The van der Waals surface area contributed by atoms with Crippen molar-refractivity contribution in [3.05, 3.63) is 6.33 Å². The van der Waals surface area contributed by atoms with E-state index in [0.29, 0.717) is 6.54 Å². The van der Waals surface area contributed by atoms with Crippen molar-refractivity contribution >= 4 is 5.91 Å². The monoisotopic (exact) mass is 267 g/mol. The fraction of sp³-hybridized carbons (Fsp3) is 0.833. The number of hydrogen-bond donors (Lipinski definition) is 2. The number of carbonyl (C=O) groups is 1. The number of hydrogen-bond acceptors (Lipinski definition) is 5. The lowest BCUT2D eigenvalue weighted by atomic mass is 9.78. The minimum absolute atomic E-state index is 0.0840. The molecule has 0 aromatic carbocycles. The van der Waals surface area contributed by atoms with E-state index in [2.05, 4.69) is 27.8 Å². The maximum atomic E-state index is 11.7. The van der Waals surface area contributed by atoms with Gasteiger partial charge in [-0.2, -0.15) is 0 Å². The first-order valence-electron chi connectivity index (χ1n) is 6.81. The summed E-state index contributed by atoms with van der Waals surface area (Å²) in [5, 5.41) is 23.7. The molecule has 1 saturated carbocycles. The molecule has 2 rings (SSSR count). The summed E-state index contributed by atoms with van der Waals surface area (Å²) in [4.78, 5) is 11.7. The Kier molecular flexibility index (Phi) is 4.47. The minimum atomic E-state index is -0.748. The molecule has 106 valence electrons. The Morgan fingerprint density at radius 1 is 1.53 bits per heavy atom. The summed E-state index contributed by atoms with van der Waals surface area (Å²) in [5.74, 6) is 0.538. The molecule has 1 heterocycles. The third kappa shape index (κ3) is 3.99. The molecule has 0 spiro atoms. The molecule has 19 heavy (non-hydrogen) atoms. The molecule has 7 nitrogen and oxygen atoms in total. The Morgan fingerprint density at radius 2 is 2.26 bits per heavy atom. The highest BCUT2D eigenvalue weighted by Gasteiger charge is 2.32. The van der Waals surface area contributed by atoms with E-state index in [-0.39, 0.29) is 12.5 Å². The zero-order valence-corrected chi connectivity index (χ0v) is 11.2. The van der Waals surface area contributed by atoms with Gasteiger partial charge < -0.3 is 10.4 Å². The van der Waals surface area contributed by atoms with Crippen molar-refractivity contribution in [2.45, 2.75) is 51.2 Å². The van der Waals surface area contributed by atoms with Gasteiger partial charge in [0.2, 0.25) is 5.91 Å². The third-order valence-corrected chi connectivity index (χ3v) is 3.92. The molecule has 0 radical (unpaired) electrons. The topological polar surface area (TPSA) is 92.9 Å². The van der Waals surface area contributed by atoms with Crippen molar-refractivity contribution in [1.29, 1.82) is 0 Å². The Balaban J connectivity index is 1.74. The highest BCUT2D eigenvalue weighted by Crippen LogP contribution is 2.33. The maximum absolute atomic E-state index is 11.7. The number of amides is 1. The van der Waals surface area contributed by atoms with E-state index in [0.717, 1.165) is 31.6 Å². The Labute approximate surface area is 112 Å². The van der Waals surface area contributed by atoms with Crippen LogP contribution in [0.15, 0.2) is 6.33 Å². The lowest BCUT2D eigenvalue weighted by Gasteiger charge is -2.35. The van der Waals surface area contributed by atoms with Crippen LogP contribution in [0.25, 0.3) is 0 Å². The quantitative estimate of drug-likeness (QED) is 0.790. The first kappa shape index (κ1) is 13.9. The van der Waals surface area contributed by atoms with Crippen LogP contribution in [0.3, 0.4) is 0 Å². The largest absolute Gasteiger partial charge is 0.388 e. The molecule has 1 aliphatic carbocycles. The second-order valence-electron chi connectivity index (χ2n) is 5.36. The van der Waals surface area contributed by atoms with Gasteiger partial charge in [-0.25, -0.2) is 4.68 Å². The molecule has 1 aromatic heterocycles. The van der Waals surface area contributed by atoms with Crippen molar-refractivity contribution < 1.29 is 9.90 Å². The lowest BCUT2D eigenvalue weighted by molar-refractivity contribution is -0.123. The van der Waals surface area contributed by atoms with Gasteiger partial charge in [0.15, 0.2) is 0 Å². The number of rotatable bonds is 5. The first-order valence-corrected chi connectivity index (χ1v) is 6.81. The second kappa shape index (κ2) is 6.10. The maximum Gasteiger partial charge on any atom is 0.241 e. The van der Waals surface area contributed by atoms with Crippen LogP contribution < -0.4 is 5.32 Å². The highest BCUT2D eigenvalue weighted by molar-refractivity contribution is 5.75. The molecule has 1 fully saturated rings. The smallest absolute Gasteiger partial charge is 0.241 e. The van der Waals surface area contributed by atoms with Crippen LogP contribution in [0.2, 0.25) is 0 Å². The number of nitrogens with one attached hydrogen (secondary N) is 1. The fourth-order valence-electron chi connectivity index (χ4n) is 2.52. The summed E-state index contributed by atoms with van der Waals surface area (Å²) in [7, 11) is 0. The SMILES string of the molecule is CCC1CCC(O)(CNC(=O)Cn2cnnn2)CC1. The van der Waals surface area contributed by atoms with Crippen LogP contribution in [0.5, 0.6) is 0 Å². The molecular formula is C12H21N5O2. The van der Waals surface area contributed by atoms with Crippen LogP contribution in [0.1, 0.15) is 39.0 Å². The zero-order valence-electron chi connectivity index (χ0n) is 11.2. The molecule has 1 aromatic rings. The average molecular weight is 267 g/mol. The molecule has 1 aliphatic rings. The van der Waals surface area contributed by atoms with E-state index < -0.39 is 5.60 Å². The van der Waals surface area contributed by atoms with Crippen molar-refractivity contribution in [2.75, 3.05) is 6.54 Å². The molecule has 0 saturated heterocycles. The van der Waals surface area contributed by atoms with Gasteiger partial charge >= 0.3 is 0 Å².